The molecular weight excluding hydrogens is 400 g/mol. The first-order chi connectivity index (χ1) is 14.3. The molecular formula is C22H28N4O3S. The highest BCUT2D eigenvalue weighted by Gasteiger charge is 2.31. The normalized spacial score (nSPS) is 16.6. The molecule has 1 unspecified atom stereocenters. The van der Waals surface area contributed by atoms with Crippen LogP contribution in [0.4, 0.5) is 0 Å². The van der Waals surface area contributed by atoms with E-state index in [2.05, 4.69) is 36.1 Å². The highest BCUT2D eigenvalue weighted by atomic mass is 32.1. The molecule has 0 aliphatic heterocycles. The van der Waals surface area contributed by atoms with E-state index in [1.54, 1.807) is 17.5 Å². The largest absolute Gasteiger partial charge is 0.488 e. The molecule has 1 N–H and O–H groups in total. The zero-order chi connectivity index (χ0) is 21.5. The van der Waals surface area contributed by atoms with Crippen molar-refractivity contribution < 1.29 is 4.74 Å². The minimum atomic E-state index is -0.208. The lowest BCUT2D eigenvalue weighted by atomic mass is 9.72. The third kappa shape index (κ3) is 3.93. The van der Waals surface area contributed by atoms with Crippen LogP contribution in [0.2, 0.25) is 0 Å². The summed E-state index contributed by atoms with van der Waals surface area (Å²) in [6, 6.07) is 1.46. The van der Waals surface area contributed by atoms with Crippen LogP contribution in [0.3, 0.4) is 0 Å². The van der Waals surface area contributed by atoms with Gasteiger partial charge in [-0.1, -0.05) is 32.9 Å². The third-order valence-electron chi connectivity index (χ3n) is 5.88. The zero-order valence-corrected chi connectivity index (χ0v) is 18.8. The Kier molecular flexibility index (Phi) is 5.53. The summed E-state index contributed by atoms with van der Waals surface area (Å²) in [5.41, 5.74) is 1.63. The average molecular weight is 429 g/mol. The standard InChI is InChI=1S/C22H28N4O3S/c1-5-8-29-17-11-23-14(10-16(17)27)12-26-21(28)19-15-7-6-13(22(2,3)4)9-18(15)30-20(19)24-25-26/h10-11,13H,5-9,12H2,1-4H3,(H,23,27). The molecule has 0 bridgehead atoms. The Labute approximate surface area is 179 Å². The van der Waals surface area contributed by atoms with Crippen molar-refractivity contribution in [3.8, 4) is 5.75 Å². The SMILES string of the molecule is CCCOc1c[nH]c(Cn2nnc3sc4c(c3c2=O)CCC(C(C)(C)C)C4)cc1=O. The van der Waals surface area contributed by atoms with Crippen molar-refractivity contribution in [2.75, 3.05) is 6.61 Å². The van der Waals surface area contributed by atoms with Gasteiger partial charge in [0.15, 0.2) is 10.6 Å². The highest BCUT2D eigenvalue weighted by molar-refractivity contribution is 7.18. The maximum atomic E-state index is 13.2. The lowest BCUT2D eigenvalue weighted by molar-refractivity contribution is 0.218. The molecule has 3 heterocycles. The molecule has 1 atom stereocenters. The maximum Gasteiger partial charge on any atom is 0.279 e. The number of pyridine rings is 1. The summed E-state index contributed by atoms with van der Waals surface area (Å²) in [5, 5.41) is 9.15. The Morgan fingerprint density at radius 2 is 2.13 bits per heavy atom. The number of fused-ring (bicyclic) bond motifs is 3. The van der Waals surface area contributed by atoms with Gasteiger partial charge in [-0.05, 0) is 42.6 Å². The van der Waals surface area contributed by atoms with Gasteiger partial charge in [-0.25, -0.2) is 4.68 Å². The number of nitrogens with one attached hydrogen (secondary N) is 1. The number of rotatable bonds is 5. The lowest BCUT2D eigenvalue weighted by Gasteiger charge is -2.33. The summed E-state index contributed by atoms with van der Waals surface area (Å²) in [6.07, 6.45) is 5.35. The first-order valence-electron chi connectivity index (χ1n) is 10.5. The average Bonchev–Trinajstić information content (AvgIpc) is 3.07. The van der Waals surface area contributed by atoms with Gasteiger partial charge in [0, 0.05) is 22.8 Å². The summed E-state index contributed by atoms with van der Waals surface area (Å²) in [7, 11) is 0. The fraction of sp³-hybridized carbons (Fsp3) is 0.545. The second-order valence-corrected chi connectivity index (χ2v) is 10.2. The number of ether oxygens (including phenoxy) is 1. The molecule has 160 valence electrons. The molecule has 0 amide bonds. The van der Waals surface area contributed by atoms with E-state index in [9.17, 15) is 9.59 Å². The van der Waals surface area contributed by atoms with Gasteiger partial charge >= 0.3 is 0 Å². The Balaban J connectivity index is 1.64. The van der Waals surface area contributed by atoms with Gasteiger partial charge in [0.25, 0.3) is 5.56 Å². The van der Waals surface area contributed by atoms with Gasteiger partial charge in [0.05, 0.1) is 18.5 Å². The van der Waals surface area contributed by atoms with E-state index in [1.807, 2.05) is 6.92 Å². The quantitative estimate of drug-likeness (QED) is 0.671. The molecule has 0 saturated heterocycles. The molecule has 7 nitrogen and oxygen atoms in total. The molecule has 0 aromatic carbocycles. The van der Waals surface area contributed by atoms with Crippen LogP contribution >= 0.6 is 11.3 Å². The van der Waals surface area contributed by atoms with E-state index >= 15 is 0 Å². The topological polar surface area (TPSA) is 89.9 Å². The van der Waals surface area contributed by atoms with Crippen molar-refractivity contribution >= 4 is 21.6 Å². The molecule has 3 aromatic rings. The monoisotopic (exact) mass is 428 g/mol. The molecule has 0 spiro atoms. The van der Waals surface area contributed by atoms with Crippen molar-refractivity contribution in [2.45, 2.75) is 59.9 Å². The van der Waals surface area contributed by atoms with Crippen molar-refractivity contribution in [1.82, 2.24) is 20.0 Å². The number of hydrogen-bond acceptors (Lipinski definition) is 6. The summed E-state index contributed by atoms with van der Waals surface area (Å²) in [6.45, 7) is 9.48. The van der Waals surface area contributed by atoms with Gasteiger partial charge in [-0.3, -0.25) is 9.59 Å². The molecule has 0 fully saturated rings. The molecule has 0 radical (unpaired) electrons. The summed E-state index contributed by atoms with van der Waals surface area (Å²) < 4.78 is 6.75. The van der Waals surface area contributed by atoms with Crippen LogP contribution in [0, 0.1) is 11.3 Å². The van der Waals surface area contributed by atoms with Crippen LogP contribution in [-0.4, -0.2) is 26.6 Å². The van der Waals surface area contributed by atoms with Crippen LogP contribution < -0.4 is 15.7 Å². The van der Waals surface area contributed by atoms with Crippen LogP contribution in [0.15, 0.2) is 21.9 Å². The molecule has 0 saturated carbocycles. The second kappa shape index (κ2) is 7.98. The predicted molar refractivity (Wildman–Crippen MR) is 119 cm³/mol. The second-order valence-electron chi connectivity index (χ2n) is 9.08. The van der Waals surface area contributed by atoms with Crippen molar-refractivity contribution in [1.29, 1.82) is 0 Å². The highest BCUT2D eigenvalue weighted by Crippen LogP contribution is 2.41. The number of hydrogen-bond donors (Lipinski definition) is 1. The van der Waals surface area contributed by atoms with E-state index in [-0.39, 0.29) is 28.7 Å². The minimum absolute atomic E-state index is 0.140. The van der Waals surface area contributed by atoms with Crippen molar-refractivity contribution in [3.05, 3.63) is 49.0 Å². The maximum absolute atomic E-state index is 13.2. The van der Waals surface area contributed by atoms with Crippen LogP contribution in [-0.2, 0) is 19.4 Å². The predicted octanol–water partition coefficient (Wildman–Crippen LogP) is 3.53. The number of H-pyrrole nitrogens is 1. The molecule has 1 aliphatic carbocycles. The smallest absolute Gasteiger partial charge is 0.279 e. The summed E-state index contributed by atoms with van der Waals surface area (Å²) in [5.74, 6) is 0.890. The van der Waals surface area contributed by atoms with Gasteiger partial charge < -0.3 is 9.72 Å². The van der Waals surface area contributed by atoms with E-state index in [4.69, 9.17) is 4.74 Å². The lowest BCUT2D eigenvalue weighted by Crippen LogP contribution is -2.28. The Bertz CT molecular complexity index is 1190. The number of aromatic amines is 1. The number of aromatic nitrogens is 4. The summed E-state index contributed by atoms with van der Waals surface area (Å²) >= 11 is 1.60. The molecule has 4 rings (SSSR count). The number of thiophene rings is 1. The fourth-order valence-corrected chi connectivity index (χ4v) is 5.28. The first kappa shape index (κ1) is 20.8. The van der Waals surface area contributed by atoms with Crippen LogP contribution in [0.25, 0.3) is 10.2 Å². The summed E-state index contributed by atoms with van der Waals surface area (Å²) in [4.78, 5) is 30.4. The molecule has 8 heteroatoms. The Hall–Kier alpha value is -2.48. The van der Waals surface area contributed by atoms with Gasteiger partial charge in [-0.2, -0.15) is 0 Å². The number of nitrogens with zero attached hydrogens (tertiary/aromatic N) is 3. The molecule has 3 aromatic heterocycles. The third-order valence-corrected chi connectivity index (χ3v) is 7.02. The van der Waals surface area contributed by atoms with Crippen molar-refractivity contribution in [3.63, 3.8) is 0 Å². The van der Waals surface area contributed by atoms with E-state index in [1.165, 1.54) is 15.6 Å². The van der Waals surface area contributed by atoms with Gasteiger partial charge in [-0.15, -0.1) is 16.4 Å². The Morgan fingerprint density at radius 1 is 1.33 bits per heavy atom. The number of aryl methyl sites for hydroxylation is 1. The van der Waals surface area contributed by atoms with E-state index < -0.39 is 0 Å². The van der Waals surface area contributed by atoms with Crippen LogP contribution in [0.5, 0.6) is 5.75 Å². The van der Waals surface area contributed by atoms with Crippen LogP contribution in [0.1, 0.15) is 56.7 Å². The Morgan fingerprint density at radius 3 is 2.83 bits per heavy atom. The fourth-order valence-electron chi connectivity index (χ4n) is 4.05. The molecule has 30 heavy (non-hydrogen) atoms. The minimum Gasteiger partial charge on any atom is -0.488 e. The van der Waals surface area contributed by atoms with Gasteiger partial charge in [0.1, 0.15) is 0 Å². The van der Waals surface area contributed by atoms with Crippen molar-refractivity contribution in [2.24, 2.45) is 11.3 Å². The van der Waals surface area contributed by atoms with Gasteiger partial charge in [0.2, 0.25) is 5.43 Å². The van der Waals surface area contributed by atoms with E-state index in [0.717, 1.165) is 31.2 Å². The first-order valence-corrected chi connectivity index (χ1v) is 11.3. The zero-order valence-electron chi connectivity index (χ0n) is 17.9. The van der Waals surface area contributed by atoms with E-state index in [0.29, 0.717) is 28.4 Å². The molecule has 1 aliphatic rings.